The van der Waals surface area contributed by atoms with E-state index in [0.29, 0.717) is 6.42 Å². The zero-order chi connectivity index (χ0) is 14.5. The van der Waals surface area contributed by atoms with E-state index in [0.717, 1.165) is 12.5 Å². The van der Waals surface area contributed by atoms with Gasteiger partial charge >= 0.3 is 5.97 Å². The number of aromatic nitrogens is 1. The second-order valence-electron chi connectivity index (χ2n) is 3.98. The molecule has 7 nitrogen and oxygen atoms in total. The van der Waals surface area contributed by atoms with Crippen molar-refractivity contribution < 1.29 is 23.1 Å². The standard InChI is InChI=1S/C11H14N2O5S/c1-19(17,18)6-2-5-12-10(14)9-4-3-8(7-13-9)11(15)16/h3-4,7H,2,5-6H2,1H3,(H,12,14)(H,15,16). The summed E-state index contributed by atoms with van der Waals surface area (Å²) in [5.41, 5.74) is 0.0815. The van der Waals surface area contributed by atoms with Gasteiger partial charge in [0.05, 0.1) is 11.3 Å². The molecular formula is C11H14N2O5S. The van der Waals surface area contributed by atoms with Gasteiger partial charge in [-0.05, 0) is 18.6 Å². The van der Waals surface area contributed by atoms with Crippen LogP contribution in [-0.2, 0) is 9.84 Å². The van der Waals surface area contributed by atoms with Crippen LogP contribution in [0.15, 0.2) is 18.3 Å². The molecule has 0 aliphatic carbocycles. The van der Waals surface area contributed by atoms with E-state index in [1.807, 2.05) is 0 Å². The first-order valence-electron chi connectivity index (χ1n) is 5.45. The zero-order valence-electron chi connectivity index (χ0n) is 10.3. The van der Waals surface area contributed by atoms with Crippen LogP contribution in [0.3, 0.4) is 0 Å². The molecule has 0 aromatic carbocycles. The van der Waals surface area contributed by atoms with Crippen LogP contribution in [-0.4, -0.2) is 48.9 Å². The molecule has 1 heterocycles. The molecule has 0 aliphatic rings. The largest absolute Gasteiger partial charge is 0.478 e. The Morgan fingerprint density at radius 3 is 2.53 bits per heavy atom. The van der Waals surface area contributed by atoms with Gasteiger partial charge in [-0.3, -0.25) is 9.78 Å². The molecule has 2 N–H and O–H groups in total. The van der Waals surface area contributed by atoms with Crippen molar-refractivity contribution in [3.05, 3.63) is 29.6 Å². The van der Waals surface area contributed by atoms with Gasteiger partial charge in [-0.25, -0.2) is 13.2 Å². The number of aromatic carboxylic acids is 1. The van der Waals surface area contributed by atoms with E-state index in [2.05, 4.69) is 10.3 Å². The van der Waals surface area contributed by atoms with Crippen molar-refractivity contribution in [2.24, 2.45) is 0 Å². The summed E-state index contributed by atoms with van der Waals surface area (Å²) < 4.78 is 21.7. The number of nitrogens with zero attached hydrogens (tertiary/aromatic N) is 1. The minimum atomic E-state index is -3.03. The lowest BCUT2D eigenvalue weighted by atomic mass is 10.2. The number of amides is 1. The molecule has 19 heavy (non-hydrogen) atoms. The first kappa shape index (κ1) is 15.1. The lowest BCUT2D eigenvalue weighted by molar-refractivity contribution is 0.0695. The van der Waals surface area contributed by atoms with Crippen LogP contribution < -0.4 is 5.32 Å². The quantitative estimate of drug-likeness (QED) is 0.708. The Labute approximate surface area is 110 Å². The molecule has 0 spiro atoms. The summed E-state index contributed by atoms with van der Waals surface area (Å²) in [6.07, 6.45) is 2.53. The lowest BCUT2D eigenvalue weighted by Gasteiger charge is -2.04. The minimum Gasteiger partial charge on any atom is -0.478 e. The van der Waals surface area contributed by atoms with Gasteiger partial charge in [-0.15, -0.1) is 0 Å². The van der Waals surface area contributed by atoms with Crippen LogP contribution >= 0.6 is 0 Å². The molecular weight excluding hydrogens is 272 g/mol. The SMILES string of the molecule is CS(=O)(=O)CCCNC(=O)c1ccc(C(=O)O)cn1. The first-order valence-corrected chi connectivity index (χ1v) is 7.51. The fourth-order valence-electron chi connectivity index (χ4n) is 1.28. The summed E-state index contributed by atoms with van der Waals surface area (Å²) in [6.45, 7) is 0.217. The third-order valence-electron chi connectivity index (χ3n) is 2.22. The van der Waals surface area contributed by atoms with Crippen molar-refractivity contribution in [3.63, 3.8) is 0 Å². The second kappa shape index (κ2) is 6.28. The van der Waals surface area contributed by atoms with Gasteiger partial charge in [0.15, 0.2) is 0 Å². The van der Waals surface area contributed by atoms with Crippen LogP contribution in [0.1, 0.15) is 27.3 Å². The van der Waals surface area contributed by atoms with Crippen LogP contribution in [0.25, 0.3) is 0 Å². The number of rotatable bonds is 6. The van der Waals surface area contributed by atoms with E-state index in [-0.39, 0.29) is 23.6 Å². The summed E-state index contributed by atoms with van der Waals surface area (Å²) in [5.74, 6) is -1.59. The Kier molecular flexibility index (Phi) is 4.99. The monoisotopic (exact) mass is 286 g/mol. The molecule has 104 valence electrons. The van der Waals surface area contributed by atoms with Crippen molar-refractivity contribution in [2.45, 2.75) is 6.42 Å². The highest BCUT2D eigenvalue weighted by atomic mass is 32.2. The van der Waals surface area contributed by atoms with E-state index in [1.54, 1.807) is 0 Å². The van der Waals surface area contributed by atoms with E-state index < -0.39 is 21.7 Å². The highest BCUT2D eigenvalue weighted by Crippen LogP contribution is 2.00. The van der Waals surface area contributed by atoms with Gasteiger partial charge in [-0.1, -0.05) is 0 Å². The van der Waals surface area contributed by atoms with Crippen LogP contribution in [0, 0.1) is 0 Å². The minimum absolute atomic E-state index is 0.00133. The van der Waals surface area contributed by atoms with E-state index in [4.69, 9.17) is 5.11 Å². The molecule has 1 aromatic rings. The second-order valence-corrected chi connectivity index (χ2v) is 6.24. The summed E-state index contributed by atoms with van der Waals surface area (Å²) >= 11 is 0. The fourth-order valence-corrected chi connectivity index (χ4v) is 1.95. The van der Waals surface area contributed by atoms with E-state index >= 15 is 0 Å². The molecule has 1 aromatic heterocycles. The summed E-state index contributed by atoms with van der Waals surface area (Å²) in [5, 5.41) is 11.2. The Morgan fingerprint density at radius 1 is 1.37 bits per heavy atom. The van der Waals surface area contributed by atoms with Gasteiger partial charge in [0, 0.05) is 19.0 Å². The molecule has 0 fully saturated rings. The molecule has 0 bridgehead atoms. The number of carboxylic acids is 1. The average molecular weight is 286 g/mol. The maximum absolute atomic E-state index is 11.6. The molecule has 0 atom stereocenters. The van der Waals surface area contributed by atoms with E-state index in [9.17, 15) is 18.0 Å². The average Bonchev–Trinajstić information content (AvgIpc) is 2.33. The lowest BCUT2D eigenvalue weighted by Crippen LogP contribution is -2.26. The molecule has 8 heteroatoms. The number of hydrogen-bond donors (Lipinski definition) is 2. The number of carbonyl (C=O) groups is 2. The molecule has 0 saturated heterocycles. The Morgan fingerprint density at radius 2 is 2.05 bits per heavy atom. The molecule has 0 unspecified atom stereocenters. The van der Waals surface area contributed by atoms with Gasteiger partial charge in [0.1, 0.15) is 15.5 Å². The maximum atomic E-state index is 11.6. The molecule has 0 aliphatic heterocycles. The molecule has 1 amide bonds. The van der Waals surface area contributed by atoms with Crippen LogP contribution in [0.2, 0.25) is 0 Å². The molecule has 0 radical (unpaired) electrons. The summed E-state index contributed by atoms with van der Waals surface area (Å²) in [6, 6.07) is 2.58. The number of hydrogen-bond acceptors (Lipinski definition) is 5. The number of nitrogens with one attached hydrogen (secondary N) is 1. The predicted molar refractivity (Wildman–Crippen MR) is 67.9 cm³/mol. The van der Waals surface area contributed by atoms with Gasteiger partial charge in [0.25, 0.3) is 5.91 Å². The van der Waals surface area contributed by atoms with Crippen molar-refractivity contribution in [1.29, 1.82) is 0 Å². The number of carboxylic acid groups (broad SMARTS) is 1. The van der Waals surface area contributed by atoms with Crippen molar-refractivity contribution in [1.82, 2.24) is 10.3 Å². The number of sulfone groups is 1. The maximum Gasteiger partial charge on any atom is 0.337 e. The summed E-state index contributed by atoms with van der Waals surface area (Å²) in [7, 11) is -3.03. The van der Waals surface area contributed by atoms with Gasteiger partial charge < -0.3 is 10.4 Å². The first-order chi connectivity index (χ1) is 8.79. The van der Waals surface area contributed by atoms with E-state index in [1.165, 1.54) is 12.1 Å². The van der Waals surface area contributed by atoms with Crippen LogP contribution in [0.4, 0.5) is 0 Å². The highest BCUT2D eigenvalue weighted by Gasteiger charge is 2.09. The Hall–Kier alpha value is -1.96. The topological polar surface area (TPSA) is 113 Å². The Balaban J connectivity index is 2.48. The molecule has 0 saturated carbocycles. The predicted octanol–water partition coefficient (Wildman–Crippen LogP) is -0.0557. The van der Waals surface area contributed by atoms with Crippen molar-refractivity contribution in [3.8, 4) is 0 Å². The fraction of sp³-hybridized carbons (Fsp3) is 0.364. The van der Waals surface area contributed by atoms with Crippen LogP contribution in [0.5, 0.6) is 0 Å². The summed E-state index contributed by atoms with van der Waals surface area (Å²) in [4.78, 5) is 25.9. The van der Waals surface area contributed by atoms with Crippen molar-refractivity contribution in [2.75, 3.05) is 18.6 Å². The third kappa shape index (κ3) is 5.47. The normalized spacial score (nSPS) is 11.0. The van der Waals surface area contributed by atoms with Gasteiger partial charge in [-0.2, -0.15) is 0 Å². The highest BCUT2D eigenvalue weighted by molar-refractivity contribution is 7.90. The smallest absolute Gasteiger partial charge is 0.337 e. The third-order valence-corrected chi connectivity index (χ3v) is 3.25. The zero-order valence-corrected chi connectivity index (χ0v) is 11.1. The van der Waals surface area contributed by atoms with Gasteiger partial charge in [0.2, 0.25) is 0 Å². The number of pyridine rings is 1. The number of carbonyl (C=O) groups excluding carboxylic acids is 1. The van der Waals surface area contributed by atoms with Crippen molar-refractivity contribution >= 4 is 21.7 Å². The Bertz CT molecular complexity index is 565. The molecule has 1 rings (SSSR count).